The van der Waals surface area contributed by atoms with E-state index in [0.29, 0.717) is 19.4 Å². The van der Waals surface area contributed by atoms with Crippen LogP contribution in [0.15, 0.2) is 119 Å². The van der Waals surface area contributed by atoms with Crippen molar-refractivity contribution in [2.45, 2.75) is 96.8 Å². The minimum atomic E-state index is -4.25. The van der Waals surface area contributed by atoms with Crippen molar-refractivity contribution in [1.82, 2.24) is 0 Å². The van der Waals surface area contributed by atoms with Crippen LogP contribution in [0.4, 0.5) is 11.4 Å². The van der Waals surface area contributed by atoms with E-state index in [1.165, 1.54) is 62.5 Å². The molecule has 0 N–H and O–H groups in total. The summed E-state index contributed by atoms with van der Waals surface area (Å²) in [7, 11) is -4.25. The monoisotopic (exact) mass is 799 g/mol. The minimum absolute atomic E-state index is 0. The van der Waals surface area contributed by atoms with Gasteiger partial charge in [-0.05, 0) is 109 Å². The summed E-state index contributed by atoms with van der Waals surface area (Å²) in [5.41, 5.74) is 9.41. The molecule has 0 atom stereocenters. The molecule has 0 aromatic heterocycles. The second-order valence-corrected chi connectivity index (χ2v) is 18.1. The number of fused-ring (bicyclic) bond motifs is 6. The zero-order chi connectivity index (χ0) is 38.3. The molecule has 0 amide bonds. The van der Waals surface area contributed by atoms with Crippen molar-refractivity contribution in [3.63, 3.8) is 0 Å². The number of anilines is 1. The Morgan fingerprint density at radius 3 is 2.16 bits per heavy atom. The normalized spacial score (nSPS) is 19.3. The maximum absolute atomic E-state index is 11.4. The number of allylic oxidation sites excluding steroid dienone is 8. The Bertz CT molecular complexity index is 2390. The van der Waals surface area contributed by atoms with Crippen molar-refractivity contribution < 1.29 is 68.9 Å². The number of unbranched alkanes of at least 4 members (excludes halogenated alkanes) is 3. The second kappa shape index (κ2) is 17.3. The van der Waals surface area contributed by atoms with Gasteiger partial charge in [0.15, 0.2) is 5.71 Å². The molecule has 8 heteroatoms. The van der Waals surface area contributed by atoms with Gasteiger partial charge in [-0.2, -0.15) is 4.58 Å². The van der Waals surface area contributed by atoms with Gasteiger partial charge in [-0.3, -0.25) is 0 Å². The molecule has 4 aromatic rings. The van der Waals surface area contributed by atoms with E-state index < -0.39 is 10.1 Å². The Morgan fingerprint density at radius 1 is 0.800 bits per heavy atom. The topological polar surface area (TPSA) is 63.5 Å². The molecule has 0 spiro atoms. The first-order chi connectivity index (χ1) is 25.8. The number of hydrogen-bond donors (Lipinski definition) is 0. The van der Waals surface area contributed by atoms with Crippen LogP contribution in [0.3, 0.4) is 0 Å². The number of hydrogen-bond acceptors (Lipinski definition) is 4. The summed E-state index contributed by atoms with van der Waals surface area (Å²) in [6, 6.07) is 26.2. The SMILES string of the molecule is CCCCC[N+]1=C(/C=C/C2=C(Cl)C(=C/C=C3/N(CCCCS(=O)(=O)[O-])c4ccc5ccccc5c4C3(C)C)/CCC2)C(C)(C)c2c1ccc1ccccc21.[K+]. The summed E-state index contributed by atoms with van der Waals surface area (Å²) in [6.45, 7) is 13.1. The van der Waals surface area contributed by atoms with E-state index in [0.717, 1.165) is 54.2 Å². The van der Waals surface area contributed by atoms with Crippen molar-refractivity contribution in [3.8, 4) is 0 Å². The molecule has 2 aliphatic heterocycles. The van der Waals surface area contributed by atoms with E-state index in [1.54, 1.807) is 0 Å². The maximum Gasteiger partial charge on any atom is 1.00 e. The predicted octanol–water partition coefficient (Wildman–Crippen LogP) is 8.73. The Balaban J connectivity index is 0.00000514. The smallest absolute Gasteiger partial charge is 0.748 e. The Kier molecular flexibility index (Phi) is 13.3. The average Bonchev–Trinajstić information content (AvgIpc) is 3.50. The summed E-state index contributed by atoms with van der Waals surface area (Å²) < 4.78 is 36.7. The van der Waals surface area contributed by atoms with Crippen LogP contribution >= 0.6 is 11.6 Å². The first-order valence-electron chi connectivity index (χ1n) is 19.7. The fraction of sp³-hybridized carbons (Fsp3) is 0.383. The van der Waals surface area contributed by atoms with E-state index in [-0.39, 0.29) is 68.0 Å². The molecule has 0 saturated heterocycles. The van der Waals surface area contributed by atoms with Crippen molar-refractivity contribution in [3.05, 3.63) is 130 Å². The molecule has 0 fully saturated rings. The van der Waals surface area contributed by atoms with Crippen LogP contribution in [0.25, 0.3) is 21.5 Å². The summed E-state index contributed by atoms with van der Waals surface area (Å²) >= 11 is 7.32. The molecule has 0 unspecified atom stereocenters. The zero-order valence-corrected chi connectivity index (χ0v) is 38.1. The molecular formula is C47H53ClKN2O3S+. The minimum Gasteiger partial charge on any atom is -0.748 e. The third-order valence-corrected chi connectivity index (χ3v) is 13.1. The van der Waals surface area contributed by atoms with Crippen LogP contribution in [0.5, 0.6) is 0 Å². The number of halogens is 1. The van der Waals surface area contributed by atoms with Crippen LogP contribution < -0.4 is 56.3 Å². The maximum atomic E-state index is 11.4. The van der Waals surface area contributed by atoms with Gasteiger partial charge in [0.05, 0.1) is 15.5 Å². The first kappa shape index (κ1) is 42.3. The van der Waals surface area contributed by atoms with Gasteiger partial charge in [0.2, 0.25) is 5.69 Å². The van der Waals surface area contributed by atoms with Crippen LogP contribution in [-0.4, -0.2) is 42.1 Å². The molecule has 5 nitrogen and oxygen atoms in total. The molecule has 0 saturated carbocycles. The van der Waals surface area contributed by atoms with Crippen molar-refractivity contribution in [1.29, 1.82) is 0 Å². The average molecular weight is 801 g/mol. The van der Waals surface area contributed by atoms with Crippen molar-refractivity contribution >= 4 is 60.4 Å². The largest absolute Gasteiger partial charge is 1.00 e. The Hall–Kier alpha value is -2.33. The predicted molar refractivity (Wildman–Crippen MR) is 226 cm³/mol. The fourth-order valence-electron chi connectivity index (χ4n) is 9.19. The van der Waals surface area contributed by atoms with E-state index in [1.807, 2.05) is 0 Å². The Labute approximate surface area is 376 Å². The number of nitrogens with zero attached hydrogens (tertiary/aromatic N) is 2. The molecule has 2 heterocycles. The van der Waals surface area contributed by atoms with Crippen LogP contribution in [0.1, 0.15) is 97.1 Å². The molecule has 7 rings (SSSR count). The summed E-state index contributed by atoms with van der Waals surface area (Å²) in [5.74, 6) is -0.343. The van der Waals surface area contributed by atoms with Crippen molar-refractivity contribution in [2.24, 2.45) is 0 Å². The second-order valence-electron chi connectivity index (χ2n) is 16.2. The summed E-state index contributed by atoms with van der Waals surface area (Å²) in [6.07, 6.45) is 16.4. The van der Waals surface area contributed by atoms with Gasteiger partial charge >= 0.3 is 51.4 Å². The molecule has 1 aliphatic carbocycles. The van der Waals surface area contributed by atoms with Gasteiger partial charge in [-0.1, -0.05) is 106 Å². The van der Waals surface area contributed by atoms with Gasteiger partial charge in [-0.15, -0.1) is 0 Å². The first-order valence-corrected chi connectivity index (χ1v) is 21.7. The number of rotatable bonds is 12. The molecular weight excluding hydrogens is 747 g/mol. The molecule has 282 valence electrons. The summed E-state index contributed by atoms with van der Waals surface area (Å²) in [5, 5.41) is 5.85. The third-order valence-electron chi connectivity index (χ3n) is 11.9. The van der Waals surface area contributed by atoms with Crippen LogP contribution in [-0.2, 0) is 20.9 Å². The van der Waals surface area contributed by atoms with Crippen LogP contribution in [0, 0.1) is 0 Å². The molecule has 0 radical (unpaired) electrons. The van der Waals surface area contributed by atoms with E-state index >= 15 is 0 Å². The summed E-state index contributed by atoms with van der Waals surface area (Å²) in [4.78, 5) is 2.32. The number of benzene rings is 4. The van der Waals surface area contributed by atoms with E-state index in [4.69, 9.17) is 11.6 Å². The molecule has 55 heavy (non-hydrogen) atoms. The van der Waals surface area contributed by atoms with Crippen molar-refractivity contribution in [2.75, 3.05) is 23.7 Å². The molecule has 3 aliphatic rings. The standard InChI is InChI=1S/C47H53ClN2O3S.K/c1-6-7-12-30-49-39-26-22-33-16-8-10-20-37(33)43(39)46(2,3)41(49)28-24-35-18-15-19-36(45(35)48)25-29-42-47(4,5)44-38-21-11-9-17-34(38)23-27-40(44)50(42)31-13-14-32-54(51,52)53;/h8-11,16-17,20-29H,6-7,12-15,18-19,30-32H2,1-5H3;/q;+1. The quantitative estimate of drug-likeness (QED) is 0.0623. The van der Waals surface area contributed by atoms with Gasteiger partial charge in [0.1, 0.15) is 6.54 Å². The van der Waals surface area contributed by atoms with E-state index in [2.05, 4.69) is 141 Å². The van der Waals surface area contributed by atoms with Gasteiger partial charge in [-0.25, -0.2) is 8.42 Å². The molecule has 4 aromatic carbocycles. The third kappa shape index (κ3) is 8.47. The van der Waals surface area contributed by atoms with E-state index in [9.17, 15) is 13.0 Å². The Morgan fingerprint density at radius 2 is 1.47 bits per heavy atom. The van der Waals surface area contributed by atoms with Gasteiger partial charge in [0.25, 0.3) is 0 Å². The zero-order valence-electron chi connectivity index (χ0n) is 33.4. The molecule has 0 bridgehead atoms. The van der Waals surface area contributed by atoms with Crippen LogP contribution in [0.2, 0.25) is 0 Å². The fourth-order valence-corrected chi connectivity index (χ4v) is 10.1. The van der Waals surface area contributed by atoms with Gasteiger partial charge in [0, 0.05) is 58.3 Å². The van der Waals surface area contributed by atoms with Gasteiger partial charge < -0.3 is 9.45 Å².